The van der Waals surface area contributed by atoms with Crippen molar-refractivity contribution in [2.75, 3.05) is 26.9 Å². The highest BCUT2D eigenvalue weighted by Gasteiger charge is 2.56. The number of para-hydroxylation sites is 1. The van der Waals surface area contributed by atoms with Crippen LogP contribution in [0.1, 0.15) is 61.5 Å². The maximum Gasteiger partial charge on any atom is 0.316 e. The van der Waals surface area contributed by atoms with E-state index in [4.69, 9.17) is 21.1 Å². The zero-order chi connectivity index (χ0) is 23.1. The lowest BCUT2D eigenvalue weighted by atomic mass is 9.49. The number of hydrogen-bond acceptors (Lipinski definition) is 3. The lowest BCUT2D eigenvalue weighted by Gasteiger charge is -2.55. The number of rotatable bonds is 3. The minimum atomic E-state index is -0.196. The van der Waals surface area contributed by atoms with Crippen molar-refractivity contribution in [3.05, 3.63) is 58.6 Å². The van der Waals surface area contributed by atoms with E-state index in [0.717, 1.165) is 71.1 Å². The number of ether oxygens (including phenoxy) is 2. The molecule has 3 unspecified atom stereocenters. The standard InChI is InChI=1S/C29H33ClNO3.HI/c1-31(17-33-28(32)29-12-18-8-19(13-29)10-20(9-18)14-29)15-24-22-4-2-3-5-26(22)34-27-7-6-21(30)11-23(27)25(24)16-31;/h2-7,11,18-20,24-25H,8-10,12-17H2,1H3;1H/q+1;/p-1. The summed E-state index contributed by atoms with van der Waals surface area (Å²) in [7, 11) is 2.25. The van der Waals surface area contributed by atoms with Gasteiger partial charge in [-0.25, -0.2) is 0 Å². The average Bonchev–Trinajstić information content (AvgIpc) is 3.10. The third kappa shape index (κ3) is 4.00. The summed E-state index contributed by atoms with van der Waals surface area (Å²) in [5, 5.41) is 0.737. The fourth-order valence-corrected chi connectivity index (χ4v) is 8.82. The van der Waals surface area contributed by atoms with Crippen molar-refractivity contribution in [2.45, 2.75) is 50.4 Å². The summed E-state index contributed by atoms with van der Waals surface area (Å²) in [5.74, 6) is 4.74. The Morgan fingerprint density at radius 1 is 0.971 bits per heavy atom. The van der Waals surface area contributed by atoms with Crippen molar-refractivity contribution >= 4 is 17.6 Å². The molecular formula is C29H33ClINO3. The van der Waals surface area contributed by atoms with Gasteiger partial charge in [0, 0.05) is 28.0 Å². The number of nitrogens with zero attached hydrogens (tertiary/aromatic N) is 1. The van der Waals surface area contributed by atoms with Crippen LogP contribution < -0.4 is 28.7 Å². The second kappa shape index (κ2) is 8.63. The molecule has 4 saturated carbocycles. The zero-order valence-corrected chi connectivity index (χ0v) is 23.1. The van der Waals surface area contributed by atoms with Gasteiger partial charge in [-0.05, 0) is 80.5 Å². The van der Waals surface area contributed by atoms with Crippen molar-refractivity contribution in [1.82, 2.24) is 0 Å². The molecule has 4 bridgehead atoms. The van der Waals surface area contributed by atoms with Gasteiger partial charge in [-0.1, -0.05) is 29.8 Å². The molecule has 3 atom stereocenters. The van der Waals surface area contributed by atoms with Crippen molar-refractivity contribution in [3.8, 4) is 11.5 Å². The zero-order valence-electron chi connectivity index (χ0n) is 20.2. The molecule has 1 saturated heterocycles. The minimum absolute atomic E-state index is 0. The maximum atomic E-state index is 13.5. The van der Waals surface area contributed by atoms with E-state index in [1.807, 2.05) is 18.2 Å². The fourth-order valence-electron chi connectivity index (χ4n) is 8.64. The van der Waals surface area contributed by atoms with E-state index in [-0.39, 0.29) is 41.3 Å². The topological polar surface area (TPSA) is 35.5 Å². The Hall–Kier alpha value is -1.31. The predicted molar refractivity (Wildman–Crippen MR) is 131 cm³/mol. The van der Waals surface area contributed by atoms with Crippen LogP contribution >= 0.6 is 11.6 Å². The number of esters is 1. The van der Waals surface area contributed by atoms with E-state index in [0.29, 0.717) is 12.6 Å². The summed E-state index contributed by atoms with van der Waals surface area (Å²) in [6.07, 6.45) is 7.20. The van der Waals surface area contributed by atoms with Crippen LogP contribution in [0.3, 0.4) is 0 Å². The van der Waals surface area contributed by atoms with Crippen molar-refractivity contribution in [2.24, 2.45) is 23.2 Å². The fraction of sp³-hybridized carbons (Fsp3) is 0.552. The van der Waals surface area contributed by atoms with Gasteiger partial charge in [0.15, 0.2) is 0 Å². The molecule has 4 aliphatic carbocycles. The van der Waals surface area contributed by atoms with Crippen molar-refractivity contribution < 1.29 is 42.7 Å². The third-order valence-corrected chi connectivity index (χ3v) is 9.88. The van der Waals surface area contributed by atoms with Crippen molar-refractivity contribution in [3.63, 3.8) is 0 Å². The monoisotopic (exact) mass is 605 g/mol. The molecule has 2 heterocycles. The van der Waals surface area contributed by atoms with Gasteiger partial charge in [0.1, 0.15) is 11.5 Å². The molecule has 0 N–H and O–H groups in total. The summed E-state index contributed by atoms with van der Waals surface area (Å²) >= 11 is 6.43. The van der Waals surface area contributed by atoms with Crippen LogP contribution in [-0.4, -0.2) is 37.3 Å². The van der Waals surface area contributed by atoms with Gasteiger partial charge in [-0.15, -0.1) is 0 Å². The Morgan fingerprint density at radius 3 is 2.26 bits per heavy atom. The second-order valence-corrected chi connectivity index (χ2v) is 12.7. The number of benzene rings is 2. The van der Waals surface area contributed by atoms with Gasteiger partial charge in [0.25, 0.3) is 0 Å². The first-order valence-corrected chi connectivity index (χ1v) is 13.3. The second-order valence-electron chi connectivity index (χ2n) is 12.3. The number of quaternary nitrogens is 1. The number of carbonyl (C=O) groups is 1. The van der Waals surface area contributed by atoms with Gasteiger partial charge in [-0.3, -0.25) is 9.28 Å². The highest BCUT2D eigenvalue weighted by atomic mass is 127. The van der Waals surface area contributed by atoms with E-state index < -0.39 is 0 Å². The highest BCUT2D eigenvalue weighted by molar-refractivity contribution is 6.30. The normalized spacial score (nSPS) is 37.8. The minimum Gasteiger partial charge on any atom is -1.00 e. The first kappa shape index (κ1) is 24.1. The molecule has 0 radical (unpaired) electrons. The van der Waals surface area contributed by atoms with Crippen molar-refractivity contribution in [1.29, 1.82) is 0 Å². The van der Waals surface area contributed by atoms with Crippen LogP contribution in [0.2, 0.25) is 5.02 Å². The SMILES string of the molecule is C[N+]1(COC(=O)C23CC4CC(CC(C4)C2)C3)CC2c3ccccc3Oc3ccc(Cl)cc3C2C1.[I-]. The third-order valence-electron chi connectivity index (χ3n) is 9.65. The van der Waals surface area contributed by atoms with Crippen LogP contribution in [0, 0.1) is 23.2 Å². The lowest BCUT2D eigenvalue weighted by molar-refractivity contribution is -0.915. The van der Waals surface area contributed by atoms with Crippen LogP contribution in [0.5, 0.6) is 11.5 Å². The molecule has 186 valence electrons. The number of halogens is 2. The number of likely N-dealkylation sites (N-methyl/N-ethyl adjacent to an activating group) is 1. The Labute approximate surface area is 229 Å². The largest absolute Gasteiger partial charge is 1.00 e. The van der Waals surface area contributed by atoms with Gasteiger partial charge in [0.2, 0.25) is 6.73 Å². The molecule has 5 fully saturated rings. The number of carbonyl (C=O) groups excluding carboxylic acids is 1. The molecule has 6 aliphatic rings. The predicted octanol–water partition coefficient (Wildman–Crippen LogP) is 3.49. The van der Waals surface area contributed by atoms with E-state index in [1.165, 1.54) is 30.4 Å². The Morgan fingerprint density at radius 2 is 1.57 bits per heavy atom. The first-order valence-electron chi connectivity index (χ1n) is 13.0. The molecular weight excluding hydrogens is 573 g/mol. The summed E-state index contributed by atoms with van der Waals surface area (Å²) in [4.78, 5) is 13.5. The Kier molecular flexibility index (Phi) is 5.93. The maximum absolute atomic E-state index is 13.5. The molecule has 4 nitrogen and oxygen atoms in total. The molecule has 6 heteroatoms. The van der Waals surface area contributed by atoms with Gasteiger partial charge < -0.3 is 33.5 Å². The molecule has 8 rings (SSSR count). The quantitative estimate of drug-likeness (QED) is 0.305. The Bertz CT molecular complexity index is 1130. The van der Waals surface area contributed by atoms with E-state index in [2.05, 4.69) is 31.3 Å². The molecule has 0 aromatic heterocycles. The summed E-state index contributed by atoms with van der Waals surface area (Å²) in [6, 6.07) is 14.3. The molecule has 2 aromatic carbocycles. The summed E-state index contributed by atoms with van der Waals surface area (Å²) in [5.41, 5.74) is 2.22. The molecule has 0 spiro atoms. The van der Waals surface area contributed by atoms with Crippen LogP contribution in [-0.2, 0) is 9.53 Å². The average molecular weight is 606 g/mol. The summed E-state index contributed by atoms with van der Waals surface area (Å²) < 4.78 is 13.3. The van der Waals surface area contributed by atoms with E-state index >= 15 is 0 Å². The van der Waals surface area contributed by atoms with Crippen LogP contribution in [0.25, 0.3) is 0 Å². The molecule has 0 amide bonds. The lowest BCUT2D eigenvalue weighted by Crippen LogP contribution is -3.00. The van der Waals surface area contributed by atoms with E-state index in [1.54, 1.807) is 0 Å². The van der Waals surface area contributed by atoms with Crippen LogP contribution in [0.15, 0.2) is 42.5 Å². The van der Waals surface area contributed by atoms with Gasteiger partial charge in [-0.2, -0.15) is 0 Å². The van der Waals surface area contributed by atoms with Gasteiger partial charge >= 0.3 is 5.97 Å². The molecule has 2 aromatic rings. The Balaban J connectivity index is 0.00000229. The van der Waals surface area contributed by atoms with Crippen LogP contribution in [0.4, 0.5) is 0 Å². The molecule has 2 aliphatic heterocycles. The number of likely N-dealkylation sites (tertiary alicyclic amines) is 1. The summed E-state index contributed by atoms with van der Waals surface area (Å²) in [6.45, 7) is 2.28. The van der Waals surface area contributed by atoms with E-state index in [9.17, 15) is 4.79 Å². The number of fused-ring (bicyclic) bond motifs is 5. The highest BCUT2D eigenvalue weighted by Crippen LogP contribution is 2.60. The van der Waals surface area contributed by atoms with Gasteiger partial charge in [0.05, 0.1) is 25.6 Å². The molecule has 35 heavy (non-hydrogen) atoms. The smallest absolute Gasteiger partial charge is 0.316 e. The number of hydrogen-bond donors (Lipinski definition) is 0. The first-order chi connectivity index (χ1) is 16.4.